The van der Waals surface area contributed by atoms with Crippen LogP contribution in [0.5, 0.6) is 0 Å². The molecule has 84 valence electrons. The Morgan fingerprint density at radius 2 is 1.82 bits per heavy atom. The van der Waals surface area contributed by atoms with Gasteiger partial charge in [0.05, 0.1) is 12.4 Å². The van der Waals surface area contributed by atoms with E-state index in [1.807, 2.05) is 0 Å². The molecule has 17 heavy (non-hydrogen) atoms. The Hall–Kier alpha value is -2.55. The highest BCUT2D eigenvalue weighted by atomic mass is 19.1. The number of nitrogens with zero attached hydrogens (tertiary/aromatic N) is 3. The first-order chi connectivity index (χ1) is 8.20. The SMILES string of the molecule is N#Cc1cnc(Nc2c(F)cccc2F)cn1. The second-order valence-electron chi connectivity index (χ2n) is 3.12. The van der Waals surface area contributed by atoms with Crippen LogP contribution in [0.3, 0.4) is 0 Å². The van der Waals surface area contributed by atoms with Gasteiger partial charge in [0.2, 0.25) is 0 Å². The molecule has 0 saturated carbocycles. The average molecular weight is 232 g/mol. The molecule has 0 bridgehead atoms. The molecule has 0 aliphatic heterocycles. The zero-order chi connectivity index (χ0) is 12.3. The van der Waals surface area contributed by atoms with E-state index in [0.29, 0.717) is 0 Å². The van der Waals surface area contributed by atoms with Gasteiger partial charge in [0.15, 0.2) is 5.69 Å². The van der Waals surface area contributed by atoms with Crippen LogP contribution < -0.4 is 5.32 Å². The maximum absolute atomic E-state index is 13.3. The molecule has 0 unspecified atom stereocenters. The van der Waals surface area contributed by atoms with Crippen molar-refractivity contribution in [3.63, 3.8) is 0 Å². The molecule has 0 atom stereocenters. The Morgan fingerprint density at radius 1 is 1.12 bits per heavy atom. The van der Waals surface area contributed by atoms with Crippen LogP contribution in [-0.2, 0) is 0 Å². The summed E-state index contributed by atoms with van der Waals surface area (Å²) in [5.41, 5.74) is -0.170. The summed E-state index contributed by atoms with van der Waals surface area (Å²) < 4.78 is 26.6. The molecule has 1 heterocycles. The Labute approximate surface area is 95.6 Å². The van der Waals surface area contributed by atoms with Crippen molar-refractivity contribution in [3.05, 3.63) is 47.9 Å². The summed E-state index contributed by atoms with van der Waals surface area (Å²) >= 11 is 0. The van der Waals surface area contributed by atoms with E-state index in [9.17, 15) is 8.78 Å². The lowest BCUT2D eigenvalue weighted by atomic mass is 10.3. The predicted octanol–water partition coefficient (Wildman–Crippen LogP) is 2.37. The van der Waals surface area contributed by atoms with E-state index in [1.165, 1.54) is 18.5 Å². The van der Waals surface area contributed by atoms with E-state index < -0.39 is 11.6 Å². The standard InChI is InChI=1S/C11H6F2N4/c12-8-2-1-3-9(13)11(8)17-10-6-15-7(4-14)5-16-10/h1-3,5-6H,(H,16,17). The Bertz CT molecular complexity index is 555. The second kappa shape index (κ2) is 4.53. The summed E-state index contributed by atoms with van der Waals surface area (Å²) in [4.78, 5) is 7.52. The molecule has 2 aromatic rings. The maximum Gasteiger partial charge on any atom is 0.158 e. The van der Waals surface area contributed by atoms with Crippen molar-refractivity contribution in [3.8, 4) is 6.07 Å². The fourth-order valence-electron chi connectivity index (χ4n) is 1.20. The lowest BCUT2D eigenvalue weighted by Gasteiger charge is -2.06. The highest BCUT2D eigenvalue weighted by Gasteiger charge is 2.08. The van der Waals surface area contributed by atoms with Gasteiger partial charge >= 0.3 is 0 Å². The van der Waals surface area contributed by atoms with E-state index in [1.54, 1.807) is 6.07 Å². The third kappa shape index (κ3) is 2.34. The van der Waals surface area contributed by atoms with Crippen LogP contribution in [-0.4, -0.2) is 9.97 Å². The minimum Gasteiger partial charge on any atom is -0.334 e. The second-order valence-corrected chi connectivity index (χ2v) is 3.12. The van der Waals surface area contributed by atoms with Crippen LogP contribution in [0.25, 0.3) is 0 Å². The zero-order valence-electron chi connectivity index (χ0n) is 8.48. The molecule has 0 spiro atoms. The minimum atomic E-state index is -0.726. The first-order valence-electron chi connectivity index (χ1n) is 4.64. The van der Waals surface area contributed by atoms with Gasteiger partial charge in [0, 0.05) is 0 Å². The molecule has 1 N–H and O–H groups in total. The van der Waals surface area contributed by atoms with Crippen LogP contribution >= 0.6 is 0 Å². The Morgan fingerprint density at radius 3 is 2.35 bits per heavy atom. The lowest BCUT2D eigenvalue weighted by molar-refractivity contribution is 0.590. The third-order valence-electron chi connectivity index (χ3n) is 1.98. The van der Waals surface area contributed by atoms with Crippen molar-refractivity contribution in [2.45, 2.75) is 0 Å². The van der Waals surface area contributed by atoms with Gasteiger partial charge in [-0.05, 0) is 12.1 Å². The van der Waals surface area contributed by atoms with Crippen LogP contribution in [0, 0.1) is 23.0 Å². The molecular weight excluding hydrogens is 226 g/mol. The molecule has 4 nitrogen and oxygen atoms in total. The smallest absolute Gasteiger partial charge is 0.158 e. The fraction of sp³-hybridized carbons (Fsp3) is 0. The molecule has 0 amide bonds. The zero-order valence-corrected chi connectivity index (χ0v) is 8.48. The molecule has 1 aromatic carbocycles. The van der Waals surface area contributed by atoms with Gasteiger partial charge in [0.25, 0.3) is 0 Å². The molecule has 0 aliphatic rings. The summed E-state index contributed by atoms with van der Waals surface area (Å²) in [5, 5.41) is 11.0. The van der Waals surface area contributed by atoms with Crippen molar-refractivity contribution < 1.29 is 8.78 Å². The van der Waals surface area contributed by atoms with E-state index >= 15 is 0 Å². The van der Waals surface area contributed by atoms with E-state index in [0.717, 1.165) is 12.1 Å². The van der Waals surface area contributed by atoms with Crippen molar-refractivity contribution in [1.29, 1.82) is 5.26 Å². The van der Waals surface area contributed by atoms with Gasteiger partial charge in [-0.15, -0.1) is 0 Å². The minimum absolute atomic E-state index is 0.129. The first kappa shape index (κ1) is 11.0. The Kier molecular flexibility index (Phi) is 2.92. The monoisotopic (exact) mass is 232 g/mol. The number of anilines is 2. The van der Waals surface area contributed by atoms with Crippen LogP contribution in [0.4, 0.5) is 20.3 Å². The van der Waals surface area contributed by atoms with Crippen LogP contribution in [0.1, 0.15) is 5.69 Å². The number of halogens is 2. The maximum atomic E-state index is 13.3. The first-order valence-corrected chi connectivity index (χ1v) is 4.64. The predicted molar refractivity (Wildman–Crippen MR) is 56.4 cm³/mol. The molecular formula is C11H6F2N4. The Balaban J connectivity index is 2.29. The molecule has 0 fully saturated rings. The van der Waals surface area contributed by atoms with Gasteiger partial charge < -0.3 is 5.32 Å². The fourth-order valence-corrected chi connectivity index (χ4v) is 1.20. The number of para-hydroxylation sites is 1. The van der Waals surface area contributed by atoms with E-state index in [4.69, 9.17) is 5.26 Å². The highest BCUT2D eigenvalue weighted by molar-refractivity contribution is 5.56. The number of benzene rings is 1. The van der Waals surface area contributed by atoms with Crippen molar-refractivity contribution >= 4 is 11.5 Å². The summed E-state index contributed by atoms with van der Waals surface area (Å²) in [7, 11) is 0. The topological polar surface area (TPSA) is 61.6 Å². The van der Waals surface area contributed by atoms with Crippen molar-refractivity contribution in [2.75, 3.05) is 5.32 Å². The number of nitriles is 1. The summed E-state index contributed by atoms with van der Waals surface area (Å²) in [6.07, 6.45) is 2.44. The molecule has 0 aliphatic carbocycles. The van der Waals surface area contributed by atoms with E-state index in [2.05, 4.69) is 15.3 Å². The normalized spacial score (nSPS) is 9.71. The lowest BCUT2D eigenvalue weighted by Crippen LogP contribution is -2.00. The van der Waals surface area contributed by atoms with Gasteiger partial charge in [-0.2, -0.15) is 5.26 Å². The quantitative estimate of drug-likeness (QED) is 0.863. The van der Waals surface area contributed by atoms with Crippen molar-refractivity contribution in [2.24, 2.45) is 0 Å². The molecule has 0 radical (unpaired) electrons. The summed E-state index contributed by atoms with van der Waals surface area (Å²) in [5.74, 6) is -1.29. The molecule has 2 rings (SSSR count). The van der Waals surface area contributed by atoms with Gasteiger partial charge in [-0.25, -0.2) is 18.7 Å². The molecule has 6 heteroatoms. The number of hydrogen-bond donors (Lipinski definition) is 1. The van der Waals surface area contributed by atoms with Gasteiger partial charge in [-0.1, -0.05) is 6.07 Å². The molecule has 0 saturated heterocycles. The highest BCUT2D eigenvalue weighted by Crippen LogP contribution is 2.21. The van der Waals surface area contributed by atoms with Crippen molar-refractivity contribution in [1.82, 2.24) is 9.97 Å². The van der Waals surface area contributed by atoms with E-state index in [-0.39, 0.29) is 17.2 Å². The van der Waals surface area contributed by atoms with Crippen LogP contribution in [0.2, 0.25) is 0 Å². The number of nitrogens with one attached hydrogen (secondary N) is 1. The average Bonchev–Trinajstić information content (AvgIpc) is 2.35. The van der Waals surface area contributed by atoms with Gasteiger partial charge in [0.1, 0.15) is 29.2 Å². The number of hydrogen-bond acceptors (Lipinski definition) is 4. The number of aromatic nitrogens is 2. The van der Waals surface area contributed by atoms with Gasteiger partial charge in [-0.3, -0.25) is 0 Å². The summed E-state index contributed by atoms with van der Waals surface area (Å²) in [6.45, 7) is 0. The molecule has 1 aromatic heterocycles. The van der Waals surface area contributed by atoms with Crippen LogP contribution in [0.15, 0.2) is 30.6 Å². The largest absolute Gasteiger partial charge is 0.334 e. The third-order valence-corrected chi connectivity index (χ3v) is 1.98. The summed E-state index contributed by atoms with van der Waals surface area (Å²) in [6, 6.07) is 5.31. The number of rotatable bonds is 2.